The molecule has 6 nitrogen and oxygen atoms in total. The standard InChI is InChI=1S/C28H26Br2N2O4S/c1-4-34-22-12-10-21(11-13-22)32-27(33)24(31(3)28(32)37)15-19-14-23(30)26(25(16-19)35-5-2)36-17-18-6-8-20(29)9-7-18/h6-16H,4-5,17H2,1-3H3/b24-15-. The summed E-state index contributed by atoms with van der Waals surface area (Å²) in [5, 5.41) is 0.402. The monoisotopic (exact) mass is 644 g/mol. The molecule has 0 spiro atoms. The van der Waals surface area contributed by atoms with Gasteiger partial charge in [-0.05, 0) is 108 Å². The molecule has 1 aliphatic heterocycles. The maximum Gasteiger partial charge on any atom is 0.281 e. The predicted octanol–water partition coefficient (Wildman–Crippen LogP) is 7.19. The molecular weight excluding hydrogens is 620 g/mol. The molecule has 1 amide bonds. The highest BCUT2D eigenvalue weighted by Gasteiger charge is 2.36. The number of thiocarbonyl (C=S) groups is 1. The maximum atomic E-state index is 13.4. The lowest BCUT2D eigenvalue weighted by Crippen LogP contribution is -2.31. The molecule has 1 fully saturated rings. The van der Waals surface area contributed by atoms with Crippen LogP contribution in [0.4, 0.5) is 5.69 Å². The second-order valence-corrected chi connectivity index (χ2v) is 10.3. The Bertz CT molecular complexity index is 1330. The average molecular weight is 646 g/mol. The molecular formula is C28H26Br2N2O4S. The summed E-state index contributed by atoms with van der Waals surface area (Å²) in [5.41, 5.74) is 2.95. The summed E-state index contributed by atoms with van der Waals surface area (Å²) in [4.78, 5) is 16.6. The summed E-state index contributed by atoms with van der Waals surface area (Å²) in [7, 11) is 1.79. The first-order valence-electron chi connectivity index (χ1n) is 11.7. The number of hydrogen-bond acceptors (Lipinski definition) is 5. The van der Waals surface area contributed by atoms with Crippen molar-refractivity contribution >= 4 is 66.9 Å². The minimum absolute atomic E-state index is 0.207. The van der Waals surface area contributed by atoms with Crippen LogP contribution in [0.5, 0.6) is 17.2 Å². The molecule has 37 heavy (non-hydrogen) atoms. The zero-order valence-corrected chi connectivity index (χ0v) is 24.7. The third-order valence-electron chi connectivity index (χ3n) is 5.60. The van der Waals surface area contributed by atoms with Crippen molar-refractivity contribution in [2.24, 2.45) is 0 Å². The largest absolute Gasteiger partial charge is 0.494 e. The van der Waals surface area contributed by atoms with Crippen molar-refractivity contribution < 1.29 is 19.0 Å². The first-order valence-corrected chi connectivity index (χ1v) is 13.7. The van der Waals surface area contributed by atoms with E-state index in [4.69, 9.17) is 26.4 Å². The fourth-order valence-electron chi connectivity index (χ4n) is 3.81. The quantitative estimate of drug-likeness (QED) is 0.181. The van der Waals surface area contributed by atoms with Gasteiger partial charge in [-0.1, -0.05) is 28.1 Å². The highest BCUT2D eigenvalue weighted by Crippen LogP contribution is 2.39. The lowest BCUT2D eigenvalue weighted by atomic mass is 10.1. The average Bonchev–Trinajstić information content (AvgIpc) is 3.08. The van der Waals surface area contributed by atoms with E-state index in [9.17, 15) is 4.79 Å². The van der Waals surface area contributed by atoms with Crippen LogP contribution in [0.1, 0.15) is 25.0 Å². The second kappa shape index (κ2) is 12.1. The van der Waals surface area contributed by atoms with Crippen LogP contribution in [-0.2, 0) is 11.4 Å². The molecule has 1 aliphatic rings. The topological polar surface area (TPSA) is 51.2 Å². The van der Waals surface area contributed by atoms with Crippen molar-refractivity contribution in [1.29, 1.82) is 0 Å². The minimum Gasteiger partial charge on any atom is -0.494 e. The fourth-order valence-corrected chi connectivity index (χ4v) is 4.94. The van der Waals surface area contributed by atoms with Gasteiger partial charge in [-0.15, -0.1) is 0 Å². The van der Waals surface area contributed by atoms with E-state index in [0.29, 0.717) is 47.8 Å². The molecule has 9 heteroatoms. The summed E-state index contributed by atoms with van der Waals surface area (Å²) < 4.78 is 19.2. The zero-order valence-electron chi connectivity index (χ0n) is 20.7. The molecule has 0 atom stereocenters. The van der Waals surface area contributed by atoms with Crippen LogP contribution >= 0.6 is 44.1 Å². The number of amides is 1. The Hall–Kier alpha value is -2.88. The van der Waals surface area contributed by atoms with E-state index < -0.39 is 0 Å². The van der Waals surface area contributed by atoms with Crippen LogP contribution in [0.15, 0.2) is 75.3 Å². The number of nitrogens with zero attached hydrogens (tertiary/aromatic N) is 2. The first kappa shape index (κ1) is 27.2. The third kappa shape index (κ3) is 6.17. The van der Waals surface area contributed by atoms with E-state index in [1.54, 1.807) is 18.0 Å². The summed E-state index contributed by atoms with van der Waals surface area (Å²) in [6.45, 7) is 5.27. The van der Waals surface area contributed by atoms with Gasteiger partial charge in [0.25, 0.3) is 5.91 Å². The lowest BCUT2D eigenvalue weighted by molar-refractivity contribution is -0.114. The number of halogens is 2. The van der Waals surface area contributed by atoms with E-state index in [1.807, 2.05) is 74.5 Å². The van der Waals surface area contributed by atoms with Crippen molar-refractivity contribution in [1.82, 2.24) is 4.90 Å². The highest BCUT2D eigenvalue weighted by atomic mass is 79.9. The number of anilines is 1. The van der Waals surface area contributed by atoms with Crippen molar-refractivity contribution in [3.63, 3.8) is 0 Å². The van der Waals surface area contributed by atoms with E-state index >= 15 is 0 Å². The molecule has 0 saturated carbocycles. The molecule has 3 aromatic carbocycles. The molecule has 0 unspecified atom stereocenters. The van der Waals surface area contributed by atoms with Crippen LogP contribution in [0, 0.1) is 0 Å². The SMILES string of the molecule is CCOc1ccc(N2C(=O)/C(=C/c3cc(Br)c(OCc4ccc(Br)cc4)c(OCC)c3)N(C)C2=S)cc1. The third-order valence-corrected chi connectivity index (χ3v) is 7.17. The molecule has 0 aromatic heterocycles. The Labute approximate surface area is 239 Å². The normalized spacial score (nSPS) is 14.5. The lowest BCUT2D eigenvalue weighted by Gasteiger charge is -2.17. The number of carbonyl (C=O) groups is 1. The zero-order chi connectivity index (χ0) is 26.5. The molecule has 0 bridgehead atoms. The van der Waals surface area contributed by atoms with Crippen LogP contribution < -0.4 is 19.1 Å². The van der Waals surface area contributed by atoms with Gasteiger partial charge in [0.15, 0.2) is 16.6 Å². The summed E-state index contributed by atoms with van der Waals surface area (Å²) >= 11 is 12.7. The molecule has 4 rings (SSSR count). The highest BCUT2D eigenvalue weighted by molar-refractivity contribution is 9.10. The molecule has 0 aliphatic carbocycles. The van der Waals surface area contributed by atoms with Crippen molar-refractivity contribution in [2.45, 2.75) is 20.5 Å². The van der Waals surface area contributed by atoms with Crippen LogP contribution in [0.2, 0.25) is 0 Å². The number of rotatable bonds is 9. The Morgan fingerprint density at radius 1 is 0.919 bits per heavy atom. The van der Waals surface area contributed by atoms with Gasteiger partial charge < -0.3 is 19.1 Å². The van der Waals surface area contributed by atoms with E-state index in [1.165, 1.54) is 4.90 Å². The maximum absolute atomic E-state index is 13.4. The number of benzene rings is 3. The van der Waals surface area contributed by atoms with Crippen molar-refractivity contribution in [3.05, 3.63) is 86.4 Å². The van der Waals surface area contributed by atoms with Gasteiger partial charge in [-0.2, -0.15) is 0 Å². The van der Waals surface area contributed by atoms with Crippen molar-refractivity contribution in [2.75, 3.05) is 25.2 Å². The van der Waals surface area contributed by atoms with Gasteiger partial charge in [-0.3, -0.25) is 9.69 Å². The van der Waals surface area contributed by atoms with Crippen LogP contribution in [0.3, 0.4) is 0 Å². The van der Waals surface area contributed by atoms with Gasteiger partial charge in [0.2, 0.25) is 0 Å². The van der Waals surface area contributed by atoms with Gasteiger partial charge in [0.05, 0.1) is 23.4 Å². The number of ether oxygens (including phenoxy) is 3. The Morgan fingerprint density at radius 2 is 1.59 bits per heavy atom. The van der Waals surface area contributed by atoms with Crippen LogP contribution in [-0.4, -0.2) is 36.2 Å². The number of carbonyl (C=O) groups excluding carboxylic acids is 1. The molecule has 3 aromatic rings. The van der Waals surface area contributed by atoms with E-state index in [2.05, 4.69) is 31.9 Å². The first-order chi connectivity index (χ1) is 17.8. The smallest absolute Gasteiger partial charge is 0.281 e. The molecule has 1 saturated heterocycles. The summed E-state index contributed by atoms with van der Waals surface area (Å²) in [6.07, 6.45) is 1.80. The fraction of sp³-hybridized carbons (Fsp3) is 0.214. The number of hydrogen-bond donors (Lipinski definition) is 0. The molecule has 0 radical (unpaired) electrons. The minimum atomic E-state index is -0.207. The Kier molecular flexibility index (Phi) is 8.89. The molecule has 0 N–H and O–H groups in total. The van der Waals surface area contributed by atoms with Gasteiger partial charge >= 0.3 is 0 Å². The van der Waals surface area contributed by atoms with Gasteiger partial charge in [0.1, 0.15) is 18.1 Å². The van der Waals surface area contributed by atoms with E-state index in [0.717, 1.165) is 25.8 Å². The summed E-state index contributed by atoms with van der Waals surface area (Å²) in [6, 6.07) is 19.0. The Morgan fingerprint density at radius 3 is 2.24 bits per heavy atom. The van der Waals surface area contributed by atoms with Gasteiger partial charge in [-0.25, -0.2) is 0 Å². The molecule has 192 valence electrons. The van der Waals surface area contributed by atoms with Crippen molar-refractivity contribution in [3.8, 4) is 17.2 Å². The summed E-state index contributed by atoms with van der Waals surface area (Å²) in [5.74, 6) is 1.72. The van der Waals surface area contributed by atoms with Crippen LogP contribution in [0.25, 0.3) is 6.08 Å². The predicted molar refractivity (Wildman–Crippen MR) is 157 cm³/mol. The molecule has 1 heterocycles. The second-order valence-electron chi connectivity index (χ2n) is 8.12. The van der Waals surface area contributed by atoms with E-state index in [-0.39, 0.29) is 5.91 Å². The Balaban J connectivity index is 1.60. The number of likely N-dealkylation sites (N-methyl/N-ethyl adjacent to an activating group) is 1. The van der Waals surface area contributed by atoms with Gasteiger partial charge in [0, 0.05) is 11.5 Å².